The lowest BCUT2D eigenvalue weighted by molar-refractivity contribution is 0.572. The lowest BCUT2D eigenvalue weighted by Crippen LogP contribution is -2.11. The molecule has 0 saturated carbocycles. The molecule has 0 unspecified atom stereocenters. The Morgan fingerprint density at radius 1 is 1.38 bits per heavy atom. The van der Waals surface area contributed by atoms with Gasteiger partial charge in [-0.15, -0.1) is 0 Å². The first kappa shape index (κ1) is 11.9. The van der Waals surface area contributed by atoms with Crippen LogP contribution in [0.2, 0.25) is 0 Å². The van der Waals surface area contributed by atoms with Crippen molar-refractivity contribution in [3.05, 3.63) is 24.3 Å². The third-order valence-corrected chi connectivity index (χ3v) is 1.60. The van der Waals surface area contributed by atoms with Crippen LogP contribution >= 0.6 is 0 Å². The highest BCUT2D eigenvalue weighted by atomic mass is 14.9. The zero-order valence-electron chi connectivity index (χ0n) is 9.31. The Hall–Kier alpha value is -1.05. The van der Waals surface area contributed by atoms with Crippen molar-refractivity contribution in [1.29, 1.82) is 0 Å². The number of aromatic amines is 1. The number of H-pyrrole nitrogens is 1. The summed E-state index contributed by atoms with van der Waals surface area (Å²) in [4.78, 5) is 7.30. The molecular weight excluding hydrogens is 160 g/mol. The molecule has 1 aromatic heterocycles. The van der Waals surface area contributed by atoms with E-state index in [2.05, 4.69) is 37.3 Å². The largest absolute Gasteiger partial charge is 0.342 e. The van der Waals surface area contributed by atoms with E-state index in [0.29, 0.717) is 0 Å². The zero-order valence-corrected chi connectivity index (χ0v) is 9.31. The Morgan fingerprint density at radius 3 is 2.15 bits per heavy atom. The molecule has 1 rings (SSSR count). The second-order valence-electron chi connectivity index (χ2n) is 3.64. The van der Waals surface area contributed by atoms with Crippen LogP contribution in [-0.2, 0) is 5.41 Å². The van der Waals surface area contributed by atoms with E-state index in [-0.39, 0.29) is 5.41 Å². The average Bonchev–Trinajstić information content (AvgIpc) is 2.54. The molecule has 0 amide bonds. The van der Waals surface area contributed by atoms with Crippen molar-refractivity contribution in [2.45, 2.75) is 40.0 Å². The van der Waals surface area contributed by atoms with E-state index in [1.165, 1.54) is 0 Å². The Labute approximate surface area is 81.1 Å². The van der Waals surface area contributed by atoms with E-state index in [9.17, 15) is 0 Å². The highest BCUT2D eigenvalue weighted by Crippen LogP contribution is 2.19. The summed E-state index contributed by atoms with van der Waals surface area (Å²) in [6, 6.07) is 0. The van der Waals surface area contributed by atoms with Crippen molar-refractivity contribution < 1.29 is 0 Å². The van der Waals surface area contributed by atoms with Gasteiger partial charge in [0.05, 0.1) is 0 Å². The second-order valence-corrected chi connectivity index (χ2v) is 3.64. The molecular formula is C11H20N2. The molecule has 0 saturated heterocycles. The molecule has 0 spiro atoms. The van der Waals surface area contributed by atoms with Crippen molar-refractivity contribution >= 4 is 6.08 Å². The summed E-state index contributed by atoms with van der Waals surface area (Å²) in [7, 11) is 0. The van der Waals surface area contributed by atoms with Crippen molar-refractivity contribution in [3.8, 4) is 0 Å². The van der Waals surface area contributed by atoms with Crippen molar-refractivity contribution in [2.75, 3.05) is 0 Å². The number of nitrogens with zero attached hydrogens (tertiary/aromatic N) is 1. The standard InChI is InChI=1S/C9H14N2.C2H6/c1-5-8-10-6-7(11-8)9(2,3)4;1-2/h5-6H,1H2,2-4H3,(H,10,11);1-2H3. The van der Waals surface area contributed by atoms with Gasteiger partial charge in [0.2, 0.25) is 0 Å². The summed E-state index contributed by atoms with van der Waals surface area (Å²) >= 11 is 0. The van der Waals surface area contributed by atoms with Crippen molar-refractivity contribution in [2.24, 2.45) is 0 Å². The Kier molecular flexibility index (Phi) is 4.46. The van der Waals surface area contributed by atoms with Crippen LogP contribution in [0.3, 0.4) is 0 Å². The minimum atomic E-state index is 0.147. The van der Waals surface area contributed by atoms with Crippen LogP contribution in [0, 0.1) is 0 Å². The first-order valence-electron chi connectivity index (χ1n) is 4.72. The molecule has 74 valence electrons. The first-order valence-corrected chi connectivity index (χ1v) is 4.72. The molecule has 0 aromatic carbocycles. The number of hydrogen-bond donors (Lipinski definition) is 1. The van der Waals surface area contributed by atoms with Gasteiger partial charge in [-0.05, 0) is 6.08 Å². The number of imidazole rings is 1. The van der Waals surface area contributed by atoms with Crippen molar-refractivity contribution in [1.82, 2.24) is 9.97 Å². The highest BCUT2D eigenvalue weighted by molar-refractivity contribution is 5.37. The van der Waals surface area contributed by atoms with E-state index in [4.69, 9.17) is 0 Å². The summed E-state index contributed by atoms with van der Waals surface area (Å²) in [5.74, 6) is 0.843. The molecule has 0 aliphatic heterocycles. The highest BCUT2D eigenvalue weighted by Gasteiger charge is 2.15. The molecule has 0 aliphatic rings. The monoisotopic (exact) mass is 180 g/mol. The van der Waals surface area contributed by atoms with Gasteiger partial charge in [0, 0.05) is 17.3 Å². The van der Waals surface area contributed by atoms with Gasteiger partial charge in [0.25, 0.3) is 0 Å². The van der Waals surface area contributed by atoms with Gasteiger partial charge >= 0.3 is 0 Å². The van der Waals surface area contributed by atoms with Crippen LogP contribution in [0.25, 0.3) is 6.08 Å². The van der Waals surface area contributed by atoms with Crippen LogP contribution in [0.15, 0.2) is 12.8 Å². The number of aromatic nitrogens is 2. The van der Waals surface area contributed by atoms with E-state index >= 15 is 0 Å². The van der Waals surface area contributed by atoms with E-state index in [0.717, 1.165) is 11.5 Å². The van der Waals surface area contributed by atoms with Crippen LogP contribution in [0.5, 0.6) is 0 Å². The van der Waals surface area contributed by atoms with Gasteiger partial charge in [0.1, 0.15) is 5.82 Å². The molecule has 1 N–H and O–H groups in total. The molecule has 1 aromatic rings. The van der Waals surface area contributed by atoms with Gasteiger partial charge < -0.3 is 4.98 Å². The van der Waals surface area contributed by atoms with E-state index < -0.39 is 0 Å². The molecule has 0 atom stereocenters. The summed E-state index contributed by atoms with van der Waals surface area (Å²) in [5.41, 5.74) is 1.29. The number of hydrogen-bond acceptors (Lipinski definition) is 1. The van der Waals surface area contributed by atoms with Crippen LogP contribution < -0.4 is 0 Å². The molecule has 0 aliphatic carbocycles. The lowest BCUT2D eigenvalue weighted by Gasteiger charge is -2.14. The number of rotatable bonds is 1. The maximum Gasteiger partial charge on any atom is 0.129 e. The Morgan fingerprint density at radius 2 is 1.92 bits per heavy atom. The maximum atomic E-state index is 4.13. The average molecular weight is 180 g/mol. The fourth-order valence-corrected chi connectivity index (χ4v) is 0.822. The molecule has 13 heavy (non-hydrogen) atoms. The first-order chi connectivity index (χ1) is 6.04. The maximum absolute atomic E-state index is 4.13. The minimum absolute atomic E-state index is 0.147. The molecule has 0 bridgehead atoms. The Bertz CT molecular complexity index is 253. The fourth-order valence-electron chi connectivity index (χ4n) is 0.822. The van der Waals surface area contributed by atoms with Crippen LogP contribution in [-0.4, -0.2) is 9.97 Å². The quantitative estimate of drug-likeness (QED) is 0.705. The van der Waals surface area contributed by atoms with Gasteiger partial charge in [-0.3, -0.25) is 0 Å². The summed E-state index contributed by atoms with van der Waals surface area (Å²) in [5, 5.41) is 0. The van der Waals surface area contributed by atoms with E-state index in [1.54, 1.807) is 6.08 Å². The molecule has 0 radical (unpaired) electrons. The van der Waals surface area contributed by atoms with E-state index in [1.807, 2.05) is 20.0 Å². The topological polar surface area (TPSA) is 28.7 Å². The van der Waals surface area contributed by atoms with Crippen molar-refractivity contribution in [3.63, 3.8) is 0 Å². The molecule has 0 fully saturated rings. The molecule has 1 heterocycles. The van der Waals surface area contributed by atoms with Gasteiger partial charge in [-0.25, -0.2) is 4.98 Å². The fraction of sp³-hybridized carbons (Fsp3) is 0.545. The summed E-state index contributed by atoms with van der Waals surface area (Å²) < 4.78 is 0. The minimum Gasteiger partial charge on any atom is -0.342 e. The van der Waals surface area contributed by atoms with Gasteiger partial charge in [-0.2, -0.15) is 0 Å². The zero-order chi connectivity index (χ0) is 10.5. The lowest BCUT2D eigenvalue weighted by atomic mass is 9.93. The second kappa shape index (κ2) is 4.85. The Balaban J connectivity index is 0.000000671. The predicted molar refractivity (Wildman–Crippen MR) is 58.7 cm³/mol. The van der Waals surface area contributed by atoms with Gasteiger partial charge in [0.15, 0.2) is 0 Å². The number of nitrogens with one attached hydrogen (secondary N) is 1. The predicted octanol–water partition coefficient (Wildman–Crippen LogP) is 3.38. The third kappa shape index (κ3) is 3.45. The van der Waals surface area contributed by atoms with Crippen LogP contribution in [0.4, 0.5) is 0 Å². The summed E-state index contributed by atoms with van der Waals surface area (Å²) in [6.07, 6.45) is 3.58. The third-order valence-electron chi connectivity index (χ3n) is 1.60. The normalized spacial score (nSPS) is 10.2. The molecule has 2 heteroatoms. The summed E-state index contributed by atoms with van der Waals surface area (Å²) in [6.45, 7) is 14.1. The van der Waals surface area contributed by atoms with Crippen LogP contribution in [0.1, 0.15) is 46.1 Å². The molecule has 2 nitrogen and oxygen atoms in total. The smallest absolute Gasteiger partial charge is 0.129 e. The van der Waals surface area contributed by atoms with Gasteiger partial charge in [-0.1, -0.05) is 41.2 Å². The SMILES string of the molecule is C=Cc1ncc(C(C)(C)C)[nH]1.CC.